The van der Waals surface area contributed by atoms with Gasteiger partial charge in [-0.2, -0.15) is 5.10 Å². The van der Waals surface area contributed by atoms with Gasteiger partial charge in [-0.3, -0.25) is 0 Å². The number of hydrogen-bond acceptors (Lipinski definition) is 2. The Hall–Kier alpha value is -1.25. The second kappa shape index (κ2) is 1.87. The number of anilines is 1. The van der Waals surface area contributed by atoms with Gasteiger partial charge in [0.1, 0.15) is 5.82 Å². The summed E-state index contributed by atoms with van der Waals surface area (Å²) in [7, 11) is 0. The number of hydrogen-bond donors (Lipinski definition) is 1. The number of aromatic nitrogens is 2. The second-order valence-corrected chi connectivity index (χ2v) is 2.39. The molecule has 2 heterocycles. The van der Waals surface area contributed by atoms with Crippen molar-refractivity contribution >= 4 is 12.0 Å². The van der Waals surface area contributed by atoms with Gasteiger partial charge in [-0.25, -0.2) is 4.68 Å². The van der Waals surface area contributed by atoms with Crippen molar-refractivity contribution in [2.75, 3.05) is 11.9 Å². The predicted octanol–water partition coefficient (Wildman–Crippen LogP) is 1.09. The van der Waals surface area contributed by atoms with Gasteiger partial charge in [0.15, 0.2) is 0 Å². The molecule has 10 heavy (non-hydrogen) atoms. The van der Waals surface area contributed by atoms with Crippen LogP contribution in [-0.4, -0.2) is 16.3 Å². The van der Waals surface area contributed by atoms with E-state index in [2.05, 4.69) is 10.4 Å². The van der Waals surface area contributed by atoms with E-state index in [1.807, 2.05) is 30.1 Å². The molecule has 1 aromatic heterocycles. The fourth-order valence-corrected chi connectivity index (χ4v) is 1.09. The molecule has 0 aromatic carbocycles. The zero-order chi connectivity index (χ0) is 6.97. The van der Waals surface area contributed by atoms with Crippen molar-refractivity contribution in [3.05, 3.63) is 17.8 Å². The van der Waals surface area contributed by atoms with Crippen molar-refractivity contribution in [2.45, 2.75) is 6.92 Å². The molecule has 1 aliphatic heterocycles. The summed E-state index contributed by atoms with van der Waals surface area (Å²) in [4.78, 5) is 0. The molecule has 0 aliphatic carbocycles. The first-order valence-corrected chi connectivity index (χ1v) is 3.32. The third-order valence-corrected chi connectivity index (χ3v) is 1.61. The lowest BCUT2D eigenvalue weighted by atomic mass is 10.3. The van der Waals surface area contributed by atoms with Crippen molar-refractivity contribution < 1.29 is 0 Å². The molecule has 0 saturated heterocycles. The molecular weight excluding hydrogens is 126 g/mol. The van der Waals surface area contributed by atoms with Gasteiger partial charge in [0, 0.05) is 18.3 Å². The fourth-order valence-electron chi connectivity index (χ4n) is 1.09. The van der Waals surface area contributed by atoms with Crippen LogP contribution in [0.25, 0.3) is 6.20 Å². The van der Waals surface area contributed by atoms with Crippen LogP contribution in [0.5, 0.6) is 0 Å². The Morgan fingerprint density at radius 3 is 3.40 bits per heavy atom. The zero-order valence-electron chi connectivity index (χ0n) is 5.83. The van der Waals surface area contributed by atoms with E-state index in [4.69, 9.17) is 0 Å². The van der Waals surface area contributed by atoms with Gasteiger partial charge in [0.25, 0.3) is 0 Å². The van der Waals surface area contributed by atoms with Crippen LogP contribution < -0.4 is 5.32 Å². The van der Waals surface area contributed by atoms with Gasteiger partial charge in [-0.15, -0.1) is 0 Å². The number of aryl methyl sites for hydroxylation is 1. The molecule has 0 saturated carbocycles. The molecule has 1 N–H and O–H groups in total. The third kappa shape index (κ3) is 0.635. The third-order valence-electron chi connectivity index (χ3n) is 1.61. The highest BCUT2D eigenvalue weighted by molar-refractivity contribution is 5.52. The van der Waals surface area contributed by atoms with E-state index in [9.17, 15) is 0 Å². The molecule has 0 spiro atoms. The van der Waals surface area contributed by atoms with Crippen molar-refractivity contribution in [3.8, 4) is 0 Å². The van der Waals surface area contributed by atoms with Gasteiger partial charge in [-0.1, -0.05) is 0 Å². The van der Waals surface area contributed by atoms with Crippen LogP contribution in [0.2, 0.25) is 0 Å². The van der Waals surface area contributed by atoms with Crippen LogP contribution in [-0.2, 0) is 0 Å². The maximum atomic E-state index is 4.12. The van der Waals surface area contributed by atoms with Crippen LogP contribution in [0.1, 0.15) is 5.56 Å². The summed E-state index contributed by atoms with van der Waals surface area (Å²) in [6.07, 6.45) is 5.87. The minimum atomic E-state index is 0.909. The molecule has 0 radical (unpaired) electrons. The average Bonchev–Trinajstić information content (AvgIpc) is 2.34. The highest BCUT2D eigenvalue weighted by Crippen LogP contribution is 2.15. The quantitative estimate of drug-likeness (QED) is 0.577. The number of fused-ring (bicyclic) bond motifs is 1. The topological polar surface area (TPSA) is 29.9 Å². The molecule has 3 nitrogen and oxygen atoms in total. The van der Waals surface area contributed by atoms with E-state index in [-0.39, 0.29) is 0 Å². The molecule has 2 rings (SSSR count). The molecule has 0 bridgehead atoms. The molecule has 1 aliphatic rings. The maximum Gasteiger partial charge on any atom is 0.132 e. The Morgan fingerprint density at radius 1 is 1.70 bits per heavy atom. The van der Waals surface area contributed by atoms with Crippen molar-refractivity contribution in [2.24, 2.45) is 0 Å². The van der Waals surface area contributed by atoms with Crippen molar-refractivity contribution in [1.82, 2.24) is 9.78 Å². The summed E-state index contributed by atoms with van der Waals surface area (Å²) in [5, 5.41) is 7.35. The normalized spacial score (nSPS) is 14.5. The van der Waals surface area contributed by atoms with E-state index in [0.29, 0.717) is 0 Å². The second-order valence-electron chi connectivity index (χ2n) is 2.39. The number of rotatable bonds is 0. The Labute approximate surface area is 59.4 Å². The molecule has 0 unspecified atom stereocenters. The summed E-state index contributed by atoms with van der Waals surface area (Å²) in [6, 6.07) is 0. The first kappa shape index (κ1) is 5.53. The minimum Gasteiger partial charge on any atom is -0.366 e. The summed E-state index contributed by atoms with van der Waals surface area (Å²) < 4.78 is 1.85. The molecule has 1 aromatic rings. The summed E-state index contributed by atoms with van der Waals surface area (Å²) in [5.74, 6) is 1.11. The maximum absolute atomic E-state index is 4.12. The van der Waals surface area contributed by atoms with Gasteiger partial charge >= 0.3 is 0 Å². The Morgan fingerprint density at radius 2 is 2.60 bits per heavy atom. The first-order valence-electron chi connectivity index (χ1n) is 3.32. The van der Waals surface area contributed by atoms with Gasteiger partial charge in [0.05, 0.1) is 6.20 Å². The molecular formula is C7H9N3. The van der Waals surface area contributed by atoms with Crippen LogP contribution in [0.15, 0.2) is 12.3 Å². The standard InChI is InChI=1S/C7H9N3/c1-6-5-9-10-4-2-3-8-7(6)10/h2,4-5,8H,3H2,1H3. The SMILES string of the molecule is Cc1cnn2c1NCC=C2. The van der Waals surface area contributed by atoms with E-state index >= 15 is 0 Å². The van der Waals surface area contributed by atoms with Crippen LogP contribution >= 0.6 is 0 Å². The lowest BCUT2D eigenvalue weighted by molar-refractivity contribution is 0.916. The van der Waals surface area contributed by atoms with E-state index in [1.54, 1.807) is 0 Å². The minimum absolute atomic E-state index is 0.909. The summed E-state index contributed by atoms with van der Waals surface area (Å²) in [6.45, 7) is 2.96. The summed E-state index contributed by atoms with van der Waals surface area (Å²) >= 11 is 0. The molecule has 52 valence electrons. The Balaban J connectivity index is 2.57. The molecule has 0 amide bonds. The Kier molecular flexibility index (Phi) is 1.03. The summed E-state index contributed by atoms with van der Waals surface area (Å²) in [5.41, 5.74) is 1.20. The van der Waals surface area contributed by atoms with Crippen LogP contribution in [0.4, 0.5) is 5.82 Å². The lowest BCUT2D eigenvalue weighted by Gasteiger charge is -2.09. The lowest BCUT2D eigenvalue weighted by Crippen LogP contribution is -2.09. The van der Waals surface area contributed by atoms with Gasteiger partial charge < -0.3 is 5.32 Å². The van der Waals surface area contributed by atoms with E-state index in [0.717, 1.165) is 12.4 Å². The van der Waals surface area contributed by atoms with Crippen molar-refractivity contribution in [3.63, 3.8) is 0 Å². The van der Waals surface area contributed by atoms with Crippen LogP contribution in [0, 0.1) is 6.92 Å². The molecule has 0 fully saturated rings. The first-order chi connectivity index (χ1) is 4.88. The predicted molar refractivity (Wildman–Crippen MR) is 40.8 cm³/mol. The van der Waals surface area contributed by atoms with E-state index < -0.39 is 0 Å². The monoisotopic (exact) mass is 135 g/mol. The van der Waals surface area contributed by atoms with E-state index in [1.165, 1.54) is 5.56 Å². The smallest absolute Gasteiger partial charge is 0.132 e. The number of nitrogens with one attached hydrogen (secondary N) is 1. The van der Waals surface area contributed by atoms with Gasteiger partial charge in [0.2, 0.25) is 0 Å². The highest BCUT2D eigenvalue weighted by atomic mass is 15.3. The molecule has 3 heteroatoms. The number of nitrogens with zero attached hydrogens (tertiary/aromatic N) is 2. The molecule has 0 atom stereocenters. The Bertz CT molecular complexity index is 272. The van der Waals surface area contributed by atoms with Crippen molar-refractivity contribution in [1.29, 1.82) is 0 Å². The van der Waals surface area contributed by atoms with Crippen LogP contribution in [0.3, 0.4) is 0 Å². The highest BCUT2D eigenvalue weighted by Gasteiger charge is 2.05. The zero-order valence-corrected chi connectivity index (χ0v) is 5.83. The average molecular weight is 135 g/mol. The van der Waals surface area contributed by atoms with Gasteiger partial charge in [-0.05, 0) is 13.0 Å². The largest absolute Gasteiger partial charge is 0.366 e. The fraction of sp³-hybridized carbons (Fsp3) is 0.286.